The highest BCUT2D eigenvalue weighted by Crippen LogP contribution is 2.23. The zero-order valence-corrected chi connectivity index (χ0v) is 15.6. The average molecular weight is 408 g/mol. The Balaban J connectivity index is 0.00000200. The molecule has 0 aromatic carbocycles. The number of nitrogens with one attached hydrogen (secondary N) is 2. The molecular weight excluding hydrogens is 383 g/mol. The van der Waals surface area contributed by atoms with Crippen molar-refractivity contribution < 1.29 is 0 Å². The van der Waals surface area contributed by atoms with Crippen molar-refractivity contribution in [2.24, 2.45) is 10.9 Å². The number of halogens is 1. The maximum Gasteiger partial charge on any atom is 0.191 e. The lowest BCUT2D eigenvalue weighted by Crippen LogP contribution is -2.44. The molecule has 0 bridgehead atoms. The zero-order valence-electron chi connectivity index (χ0n) is 12.5. The first kappa shape index (κ1) is 17.7. The Bertz CT molecular complexity index is 425. The van der Waals surface area contributed by atoms with Gasteiger partial charge in [-0.1, -0.05) is 6.92 Å². The van der Waals surface area contributed by atoms with E-state index in [1.165, 1.54) is 30.6 Å². The average Bonchev–Trinajstić information content (AvgIpc) is 2.82. The van der Waals surface area contributed by atoms with Crippen molar-refractivity contribution in [3.05, 3.63) is 16.1 Å². The number of rotatable bonds is 3. The van der Waals surface area contributed by atoms with Gasteiger partial charge in [0.15, 0.2) is 5.96 Å². The van der Waals surface area contributed by atoms with Crippen LogP contribution in [-0.4, -0.2) is 24.0 Å². The fourth-order valence-corrected chi connectivity index (χ4v) is 3.17. The van der Waals surface area contributed by atoms with Gasteiger partial charge in [0.05, 0.1) is 17.7 Å². The third kappa shape index (κ3) is 5.20. The predicted molar refractivity (Wildman–Crippen MR) is 97.0 cm³/mol. The molecule has 0 aliphatic heterocycles. The Kier molecular flexibility index (Phi) is 7.79. The van der Waals surface area contributed by atoms with E-state index in [0.717, 1.165) is 24.1 Å². The zero-order chi connectivity index (χ0) is 13.7. The second-order valence-corrected chi connectivity index (χ2v) is 6.33. The van der Waals surface area contributed by atoms with Crippen molar-refractivity contribution in [2.75, 3.05) is 7.05 Å². The number of nitrogens with zero attached hydrogens (tertiary/aromatic N) is 2. The molecule has 0 unspecified atom stereocenters. The van der Waals surface area contributed by atoms with Crippen LogP contribution in [0.15, 0.2) is 10.5 Å². The van der Waals surface area contributed by atoms with Gasteiger partial charge in [0.25, 0.3) is 0 Å². The lowest BCUT2D eigenvalue weighted by Gasteiger charge is -2.28. The van der Waals surface area contributed by atoms with E-state index in [0.29, 0.717) is 6.04 Å². The summed E-state index contributed by atoms with van der Waals surface area (Å²) in [6, 6.07) is 0.574. The summed E-state index contributed by atoms with van der Waals surface area (Å²) in [5, 5.41) is 6.91. The van der Waals surface area contributed by atoms with E-state index in [2.05, 4.69) is 27.5 Å². The summed E-state index contributed by atoms with van der Waals surface area (Å²) in [7, 11) is 1.83. The lowest BCUT2D eigenvalue weighted by atomic mass is 9.87. The van der Waals surface area contributed by atoms with Crippen molar-refractivity contribution in [3.63, 3.8) is 0 Å². The first-order chi connectivity index (χ1) is 9.19. The quantitative estimate of drug-likeness (QED) is 0.459. The van der Waals surface area contributed by atoms with E-state index in [4.69, 9.17) is 0 Å². The normalized spacial score (nSPS) is 23.1. The number of aromatic nitrogens is 1. The van der Waals surface area contributed by atoms with Crippen LogP contribution in [0.1, 0.15) is 43.2 Å². The summed E-state index contributed by atoms with van der Waals surface area (Å²) in [5.74, 6) is 1.79. The molecule has 0 saturated heterocycles. The number of aryl methyl sites for hydroxylation is 1. The summed E-state index contributed by atoms with van der Waals surface area (Å²) in [4.78, 5) is 9.85. The minimum atomic E-state index is 0. The van der Waals surface area contributed by atoms with Crippen molar-refractivity contribution >= 4 is 41.3 Å². The number of thiazole rings is 1. The topological polar surface area (TPSA) is 49.3 Å². The molecular formula is C14H25IN4S. The second kappa shape index (κ2) is 8.81. The second-order valence-electron chi connectivity index (χ2n) is 5.39. The summed E-state index contributed by atoms with van der Waals surface area (Å²) in [6.07, 6.45) is 5.15. The van der Waals surface area contributed by atoms with Crippen molar-refractivity contribution in [1.82, 2.24) is 15.6 Å². The molecule has 20 heavy (non-hydrogen) atoms. The minimum absolute atomic E-state index is 0. The lowest BCUT2D eigenvalue weighted by molar-refractivity contribution is 0.329. The highest BCUT2D eigenvalue weighted by molar-refractivity contribution is 14.0. The molecule has 1 aromatic rings. The summed E-state index contributed by atoms with van der Waals surface area (Å²) in [5.41, 5.74) is 3.00. The van der Waals surface area contributed by atoms with E-state index in [9.17, 15) is 0 Å². The van der Waals surface area contributed by atoms with Gasteiger partial charge in [0, 0.05) is 18.0 Å². The van der Waals surface area contributed by atoms with Crippen LogP contribution in [0.5, 0.6) is 0 Å². The van der Waals surface area contributed by atoms with E-state index in [1.807, 2.05) is 19.5 Å². The summed E-state index contributed by atoms with van der Waals surface area (Å²) >= 11 is 1.69. The Morgan fingerprint density at radius 1 is 1.40 bits per heavy atom. The number of hydrogen-bond donors (Lipinski definition) is 2. The van der Waals surface area contributed by atoms with E-state index < -0.39 is 0 Å². The fourth-order valence-electron chi connectivity index (χ4n) is 2.45. The molecule has 1 heterocycles. The predicted octanol–water partition coefficient (Wildman–Crippen LogP) is 3.31. The Morgan fingerprint density at radius 2 is 2.10 bits per heavy atom. The maximum absolute atomic E-state index is 4.31. The Hall–Kier alpha value is -0.370. The van der Waals surface area contributed by atoms with E-state index in [-0.39, 0.29) is 24.0 Å². The van der Waals surface area contributed by atoms with Gasteiger partial charge < -0.3 is 10.6 Å². The van der Waals surface area contributed by atoms with Crippen LogP contribution in [0.3, 0.4) is 0 Å². The molecule has 6 heteroatoms. The molecule has 114 valence electrons. The standard InChI is InChI=1S/C14H24N4S.HI/c1-10-4-6-12(7-5-10)18-14(15-3)16-8-13-11(2)17-9-19-13;/h9-10,12H,4-8H2,1-3H3,(H2,15,16,18);1H. The third-order valence-corrected chi connectivity index (χ3v) is 4.78. The molecule has 2 N–H and O–H groups in total. The summed E-state index contributed by atoms with van der Waals surface area (Å²) in [6.45, 7) is 5.20. The highest BCUT2D eigenvalue weighted by atomic mass is 127. The Labute approximate surface area is 142 Å². The molecule has 2 rings (SSSR count). The number of hydrogen-bond acceptors (Lipinski definition) is 3. The highest BCUT2D eigenvalue weighted by Gasteiger charge is 2.18. The first-order valence-electron chi connectivity index (χ1n) is 7.05. The van der Waals surface area contributed by atoms with Crippen LogP contribution in [-0.2, 0) is 6.54 Å². The largest absolute Gasteiger partial charge is 0.354 e. The molecule has 0 radical (unpaired) electrons. The molecule has 1 fully saturated rings. The van der Waals surface area contributed by atoms with Crippen LogP contribution < -0.4 is 10.6 Å². The van der Waals surface area contributed by atoms with Crippen LogP contribution in [0, 0.1) is 12.8 Å². The SMILES string of the molecule is CN=C(NCc1scnc1C)NC1CCC(C)CC1.I. The van der Waals surface area contributed by atoms with Gasteiger partial charge >= 0.3 is 0 Å². The monoisotopic (exact) mass is 408 g/mol. The molecule has 1 saturated carbocycles. The van der Waals surface area contributed by atoms with Crippen molar-refractivity contribution in [3.8, 4) is 0 Å². The molecule has 1 aliphatic rings. The van der Waals surface area contributed by atoms with E-state index >= 15 is 0 Å². The molecule has 0 amide bonds. The number of aliphatic imine (C=N–C) groups is 1. The van der Waals surface area contributed by atoms with Gasteiger partial charge in [-0.05, 0) is 38.5 Å². The van der Waals surface area contributed by atoms with Crippen molar-refractivity contribution in [2.45, 2.75) is 52.1 Å². The first-order valence-corrected chi connectivity index (χ1v) is 7.93. The van der Waals surface area contributed by atoms with Crippen LogP contribution in [0.25, 0.3) is 0 Å². The fraction of sp³-hybridized carbons (Fsp3) is 0.714. The molecule has 1 aliphatic carbocycles. The van der Waals surface area contributed by atoms with Crippen LogP contribution in [0.4, 0.5) is 0 Å². The summed E-state index contributed by atoms with van der Waals surface area (Å²) < 4.78 is 0. The molecule has 0 atom stereocenters. The van der Waals surface area contributed by atoms with Crippen LogP contribution in [0.2, 0.25) is 0 Å². The van der Waals surface area contributed by atoms with Gasteiger partial charge in [-0.25, -0.2) is 4.98 Å². The van der Waals surface area contributed by atoms with Gasteiger partial charge in [-0.15, -0.1) is 35.3 Å². The smallest absolute Gasteiger partial charge is 0.191 e. The van der Waals surface area contributed by atoms with Gasteiger partial charge in [0.1, 0.15) is 0 Å². The van der Waals surface area contributed by atoms with Gasteiger partial charge in [-0.3, -0.25) is 4.99 Å². The molecule has 4 nitrogen and oxygen atoms in total. The third-order valence-electron chi connectivity index (χ3n) is 3.84. The number of guanidine groups is 1. The van der Waals surface area contributed by atoms with Gasteiger partial charge in [0.2, 0.25) is 0 Å². The van der Waals surface area contributed by atoms with Gasteiger partial charge in [-0.2, -0.15) is 0 Å². The van der Waals surface area contributed by atoms with E-state index in [1.54, 1.807) is 11.3 Å². The Morgan fingerprint density at radius 3 is 2.65 bits per heavy atom. The molecule has 1 aromatic heterocycles. The van der Waals surface area contributed by atoms with Crippen LogP contribution >= 0.6 is 35.3 Å². The molecule has 0 spiro atoms. The minimum Gasteiger partial charge on any atom is -0.354 e. The van der Waals surface area contributed by atoms with Crippen molar-refractivity contribution in [1.29, 1.82) is 0 Å². The maximum atomic E-state index is 4.31.